The third kappa shape index (κ3) is 3.10. The van der Waals surface area contributed by atoms with Crippen LogP contribution in [0.3, 0.4) is 0 Å². The maximum atomic E-state index is 5.07. The second-order valence-electron chi connectivity index (χ2n) is 10.2. The predicted octanol–water partition coefficient (Wildman–Crippen LogP) is 9.54. The molecule has 0 fully saturated rings. The summed E-state index contributed by atoms with van der Waals surface area (Å²) in [6.45, 7) is 2.20. The summed E-state index contributed by atoms with van der Waals surface area (Å²) >= 11 is 0. The molecule has 3 heterocycles. The van der Waals surface area contributed by atoms with Crippen molar-refractivity contribution in [1.82, 2.24) is 9.38 Å². The average Bonchev–Trinajstić information content (AvgIpc) is 3.48. The van der Waals surface area contributed by atoms with Crippen LogP contribution < -0.4 is 0 Å². The van der Waals surface area contributed by atoms with Crippen LogP contribution in [0.25, 0.3) is 71.7 Å². The number of aryl methyl sites for hydroxylation is 1. The Hall–Kier alpha value is -4.95. The minimum Gasteiger partial charge on any atom is -0.308 e. The van der Waals surface area contributed by atoms with E-state index in [1.807, 2.05) is 12.1 Å². The highest BCUT2D eigenvalue weighted by Crippen LogP contribution is 2.41. The van der Waals surface area contributed by atoms with Gasteiger partial charge in [0.05, 0.1) is 27.9 Å². The molecule has 0 atom stereocenters. The maximum absolute atomic E-state index is 5.07. The van der Waals surface area contributed by atoms with E-state index < -0.39 is 0 Å². The van der Waals surface area contributed by atoms with Crippen molar-refractivity contribution < 1.29 is 0 Å². The van der Waals surface area contributed by atoms with Crippen LogP contribution >= 0.6 is 0 Å². The normalized spacial score (nSPS) is 11.8. The molecule has 0 N–H and O–H groups in total. The first-order valence-corrected chi connectivity index (χ1v) is 13.1. The summed E-state index contributed by atoms with van der Waals surface area (Å²) in [6, 6.07) is 45.7. The van der Waals surface area contributed by atoms with Gasteiger partial charge in [-0.1, -0.05) is 84.9 Å². The topological polar surface area (TPSA) is 17.3 Å². The van der Waals surface area contributed by atoms with Gasteiger partial charge in [-0.3, -0.25) is 0 Å². The zero-order valence-electron chi connectivity index (χ0n) is 21.0. The van der Waals surface area contributed by atoms with Crippen LogP contribution in [0.4, 0.5) is 0 Å². The molecule has 2 heteroatoms. The molecule has 0 amide bonds. The van der Waals surface area contributed by atoms with E-state index in [1.165, 1.54) is 54.8 Å². The molecule has 3 aromatic heterocycles. The summed E-state index contributed by atoms with van der Waals surface area (Å²) in [4.78, 5) is 5.07. The number of nitrogens with zero attached hydrogens (tertiary/aromatic N) is 2. The number of benzene rings is 5. The lowest BCUT2D eigenvalue weighted by molar-refractivity contribution is 1.32. The molecule has 0 saturated carbocycles. The van der Waals surface area contributed by atoms with E-state index in [2.05, 4.69) is 127 Å². The van der Waals surface area contributed by atoms with Crippen molar-refractivity contribution in [2.24, 2.45) is 0 Å². The number of aromatic nitrogens is 2. The summed E-state index contributed by atoms with van der Waals surface area (Å²) in [6.07, 6.45) is 0. The molecule has 0 aliphatic rings. The fourth-order valence-corrected chi connectivity index (χ4v) is 6.03. The van der Waals surface area contributed by atoms with Gasteiger partial charge in [0.15, 0.2) is 0 Å². The van der Waals surface area contributed by atoms with Crippen molar-refractivity contribution in [3.8, 4) is 33.6 Å². The molecule has 8 rings (SSSR count). The van der Waals surface area contributed by atoms with E-state index >= 15 is 0 Å². The third-order valence-electron chi connectivity index (χ3n) is 7.74. The van der Waals surface area contributed by atoms with Crippen LogP contribution in [0.1, 0.15) is 5.56 Å². The molecule has 0 bridgehead atoms. The van der Waals surface area contributed by atoms with E-state index in [1.54, 1.807) is 0 Å². The second kappa shape index (κ2) is 8.03. The first-order chi connectivity index (χ1) is 18.7. The van der Waals surface area contributed by atoms with Gasteiger partial charge in [0.25, 0.3) is 0 Å². The lowest BCUT2D eigenvalue weighted by atomic mass is 9.98. The summed E-state index contributed by atoms with van der Waals surface area (Å²) in [5, 5.41) is 5.25. The highest BCUT2D eigenvalue weighted by molar-refractivity contribution is 6.23. The Balaban J connectivity index is 1.41. The largest absolute Gasteiger partial charge is 0.308 e. The highest BCUT2D eigenvalue weighted by atomic mass is 14.9. The number of fused-ring (bicyclic) bond motifs is 6. The Morgan fingerprint density at radius 1 is 0.447 bits per heavy atom. The SMILES string of the molecule is Cc1cc2c3ccccc3n3c4ccc(-c5cc(-c6ccccc6)nc(-c6ccccc6)c5)cc4c(c1)c23. The Morgan fingerprint density at radius 3 is 1.71 bits per heavy atom. The van der Waals surface area contributed by atoms with Crippen molar-refractivity contribution in [2.75, 3.05) is 0 Å². The third-order valence-corrected chi connectivity index (χ3v) is 7.74. The van der Waals surface area contributed by atoms with Gasteiger partial charge in [0, 0.05) is 32.7 Å². The smallest absolute Gasteiger partial charge is 0.0715 e. The molecule has 2 nitrogen and oxygen atoms in total. The fraction of sp³-hybridized carbons (Fsp3) is 0.0278. The fourth-order valence-electron chi connectivity index (χ4n) is 6.03. The number of hydrogen-bond donors (Lipinski definition) is 0. The van der Waals surface area contributed by atoms with Crippen LogP contribution in [-0.2, 0) is 0 Å². The zero-order valence-corrected chi connectivity index (χ0v) is 21.0. The van der Waals surface area contributed by atoms with Crippen LogP contribution in [0, 0.1) is 6.92 Å². The maximum Gasteiger partial charge on any atom is 0.0715 e. The van der Waals surface area contributed by atoms with Gasteiger partial charge >= 0.3 is 0 Å². The summed E-state index contributed by atoms with van der Waals surface area (Å²) in [5.41, 5.74) is 11.7. The molecule has 0 unspecified atom stereocenters. The molecule has 0 spiro atoms. The van der Waals surface area contributed by atoms with Crippen LogP contribution in [-0.4, -0.2) is 9.38 Å². The molecule has 0 aliphatic carbocycles. The summed E-state index contributed by atoms with van der Waals surface area (Å²) in [5.74, 6) is 0. The molecule has 8 aromatic rings. The van der Waals surface area contributed by atoms with Crippen molar-refractivity contribution in [1.29, 1.82) is 0 Å². The Labute approximate surface area is 220 Å². The van der Waals surface area contributed by atoms with E-state index in [4.69, 9.17) is 4.98 Å². The standard InChI is InChI=1S/C36H24N2/c1-23-18-30-28-14-8-9-15-34(28)38-35-17-16-26(20-29(35)31(19-23)36(30)38)27-21-32(24-10-4-2-5-11-24)37-33(22-27)25-12-6-3-7-13-25/h2-22H,1H3. The molecule has 178 valence electrons. The van der Waals surface area contributed by atoms with Gasteiger partial charge in [-0.25, -0.2) is 4.98 Å². The number of hydrogen-bond acceptors (Lipinski definition) is 1. The first kappa shape index (κ1) is 21.2. The van der Waals surface area contributed by atoms with Gasteiger partial charge < -0.3 is 4.40 Å². The van der Waals surface area contributed by atoms with Crippen LogP contribution in [0.5, 0.6) is 0 Å². The molecular weight excluding hydrogens is 460 g/mol. The van der Waals surface area contributed by atoms with E-state index in [0.29, 0.717) is 0 Å². The quantitative estimate of drug-likeness (QED) is 0.244. The minimum atomic E-state index is 0.984. The van der Waals surface area contributed by atoms with Gasteiger partial charge in [0.2, 0.25) is 0 Å². The van der Waals surface area contributed by atoms with Crippen molar-refractivity contribution in [2.45, 2.75) is 6.92 Å². The van der Waals surface area contributed by atoms with Crippen molar-refractivity contribution >= 4 is 38.1 Å². The van der Waals surface area contributed by atoms with E-state index in [9.17, 15) is 0 Å². The molecule has 5 aromatic carbocycles. The summed E-state index contributed by atoms with van der Waals surface area (Å²) < 4.78 is 2.44. The minimum absolute atomic E-state index is 0.984. The predicted molar refractivity (Wildman–Crippen MR) is 160 cm³/mol. The lowest BCUT2D eigenvalue weighted by Crippen LogP contribution is -1.91. The number of pyridine rings is 1. The summed E-state index contributed by atoms with van der Waals surface area (Å²) in [7, 11) is 0. The van der Waals surface area contributed by atoms with Gasteiger partial charge in [0.1, 0.15) is 0 Å². The molecule has 0 radical (unpaired) electrons. The number of para-hydroxylation sites is 1. The Kier molecular flexibility index (Phi) is 4.47. The van der Waals surface area contributed by atoms with E-state index in [-0.39, 0.29) is 0 Å². The van der Waals surface area contributed by atoms with Gasteiger partial charge in [-0.15, -0.1) is 0 Å². The monoisotopic (exact) mass is 484 g/mol. The van der Waals surface area contributed by atoms with Crippen LogP contribution in [0.15, 0.2) is 127 Å². The number of rotatable bonds is 3. The Bertz CT molecular complexity index is 2060. The van der Waals surface area contributed by atoms with E-state index in [0.717, 1.165) is 22.5 Å². The van der Waals surface area contributed by atoms with Crippen molar-refractivity contribution in [3.63, 3.8) is 0 Å². The Morgan fingerprint density at radius 2 is 1.03 bits per heavy atom. The van der Waals surface area contributed by atoms with Crippen LogP contribution in [0.2, 0.25) is 0 Å². The molecule has 38 heavy (non-hydrogen) atoms. The zero-order chi connectivity index (χ0) is 25.2. The molecule has 0 saturated heterocycles. The van der Waals surface area contributed by atoms with Gasteiger partial charge in [-0.2, -0.15) is 0 Å². The van der Waals surface area contributed by atoms with Gasteiger partial charge in [-0.05, 0) is 66.1 Å². The average molecular weight is 485 g/mol. The molecule has 0 aliphatic heterocycles. The second-order valence-corrected chi connectivity index (χ2v) is 10.2. The molecular formula is C36H24N2. The lowest BCUT2D eigenvalue weighted by Gasteiger charge is -2.11. The first-order valence-electron chi connectivity index (χ1n) is 13.1. The van der Waals surface area contributed by atoms with Crippen molar-refractivity contribution in [3.05, 3.63) is 133 Å². The highest BCUT2D eigenvalue weighted by Gasteiger charge is 2.18.